The van der Waals surface area contributed by atoms with Crippen molar-refractivity contribution in [3.05, 3.63) is 39.4 Å². The Hall–Kier alpha value is -2.33. The predicted molar refractivity (Wildman–Crippen MR) is 130 cm³/mol. The van der Waals surface area contributed by atoms with Crippen molar-refractivity contribution in [2.75, 3.05) is 32.7 Å². The summed E-state index contributed by atoms with van der Waals surface area (Å²) in [5, 5.41) is 11.1. The van der Waals surface area contributed by atoms with Gasteiger partial charge in [-0.05, 0) is 61.6 Å². The topological polar surface area (TPSA) is 118 Å². The summed E-state index contributed by atoms with van der Waals surface area (Å²) in [5.74, 6) is -1.22. The van der Waals surface area contributed by atoms with Gasteiger partial charge >= 0.3 is 0 Å². The van der Waals surface area contributed by atoms with Gasteiger partial charge in [-0.3, -0.25) is 19.7 Å². The molecule has 0 bridgehead atoms. The quantitative estimate of drug-likeness (QED) is 0.433. The van der Waals surface area contributed by atoms with Crippen LogP contribution in [0.15, 0.2) is 23.1 Å². The van der Waals surface area contributed by atoms with Crippen LogP contribution in [0.2, 0.25) is 0 Å². The van der Waals surface area contributed by atoms with Crippen LogP contribution < -0.4 is 0 Å². The second-order valence-corrected chi connectivity index (χ2v) is 12.8. The van der Waals surface area contributed by atoms with Gasteiger partial charge in [0.05, 0.1) is 4.90 Å². The van der Waals surface area contributed by atoms with E-state index < -0.39 is 21.9 Å². The number of benzene rings is 1. The zero-order chi connectivity index (χ0) is 25.5. The molecule has 1 amide bonds. The normalized spacial score (nSPS) is 27.0. The molecule has 1 aliphatic carbocycles. The van der Waals surface area contributed by atoms with Crippen LogP contribution in [0.1, 0.15) is 50.2 Å². The summed E-state index contributed by atoms with van der Waals surface area (Å²) in [6.45, 7) is 7.24. The molecule has 9 nitrogen and oxygen atoms in total. The number of rotatable bonds is 6. The largest absolute Gasteiger partial charge is 0.342 e. The monoisotopic (exact) mass is 505 g/mol. The van der Waals surface area contributed by atoms with Crippen molar-refractivity contribution >= 4 is 21.7 Å². The van der Waals surface area contributed by atoms with Crippen LogP contribution in [0.4, 0.5) is 0 Å². The molecule has 2 saturated heterocycles. The molecule has 4 rings (SSSR count). The third-order valence-corrected chi connectivity index (χ3v) is 10.5. The molecule has 35 heavy (non-hydrogen) atoms. The number of piperidine rings is 1. The van der Waals surface area contributed by atoms with Gasteiger partial charge in [0, 0.05) is 55.8 Å². The summed E-state index contributed by atoms with van der Waals surface area (Å²) in [7, 11) is -3.57. The molecule has 0 N–H and O–H groups in total. The van der Waals surface area contributed by atoms with E-state index in [2.05, 4.69) is 0 Å². The number of amides is 1. The van der Waals surface area contributed by atoms with Crippen molar-refractivity contribution in [1.82, 2.24) is 9.21 Å². The van der Waals surface area contributed by atoms with Crippen LogP contribution >= 0.6 is 0 Å². The van der Waals surface area contributed by atoms with Crippen LogP contribution in [0, 0.1) is 47.1 Å². The van der Waals surface area contributed by atoms with E-state index in [4.69, 9.17) is 0 Å². The lowest BCUT2D eigenvalue weighted by molar-refractivity contribution is -0.490. The number of nitrogens with zero attached hydrogens (tertiary/aromatic N) is 3. The Morgan fingerprint density at radius 3 is 2.49 bits per heavy atom. The van der Waals surface area contributed by atoms with E-state index in [-0.39, 0.29) is 40.9 Å². The number of hydrogen-bond donors (Lipinski definition) is 0. The minimum Gasteiger partial charge on any atom is -0.342 e. The number of carbonyl (C=O) groups is 2. The molecule has 0 radical (unpaired) electrons. The average molecular weight is 506 g/mol. The van der Waals surface area contributed by atoms with Gasteiger partial charge in [0.2, 0.25) is 22.5 Å². The molecule has 3 unspecified atom stereocenters. The summed E-state index contributed by atoms with van der Waals surface area (Å²) in [6.07, 6.45) is 2.51. The summed E-state index contributed by atoms with van der Waals surface area (Å²) < 4.78 is 28.1. The van der Waals surface area contributed by atoms with E-state index in [0.717, 1.165) is 17.5 Å². The van der Waals surface area contributed by atoms with Crippen LogP contribution in [0.5, 0.6) is 0 Å². The number of sulfonamides is 1. The molecule has 3 fully saturated rings. The van der Waals surface area contributed by atoms with E-state index in [9.17, 15) is 28.1 Å². The second kappa shape index (κ2) is 9.61. The maximum Gasteiger partial charge on any atom is 0.243 e. The maximum absolute atomic E-state index is 13.3. The van der Waals surface area contributed by atoms with Gasteiger partial charge in [0.15, 0.2) is 0 Å². The number of Topliss-reactive ketones (excluding diaryl/α,β-unsaturated/α-hetero) is 1. The minimum atomic E-state index is -3.57. The van der Waals surface area contributed by atoms with E-state index in [0.29, 0.717) is 50.3 Å². The van der Waals surface area contributed by atoms with E-state index in [1.165, 1.54) is 0 Å². The number of aryl methyl sites for hydroxylation is 2. The minimum absolute atomic E-state index is 0.0326. The first-order valence-electron chi connectivity index (χ1n) is 12.4. The smallest absolute Gasteiger partial charge is 0.243 e. The standard InChI is InChI=1S/C25H35N3O6S/c1-17-4-5-18(2)23(12-17)35(33,34)27-10-7-25(8-11-27)6-9-26(16-25)24(30)14-20-21(15-28(31)32)19(3)13-22(20)29/h4-5,12,19-21H,6-11,13-16H2,1-3H3. The van der Waals surface area contributed by atoms with E-state index in [1.54, 1.807) is 15.3 Å². The molecule has 1 aromatic rings. The lowest BCUT2D eigenvalue weighted by Gasteiger charge is -2.38. The van der Waals surface area contributed by atoms with Gasteiger partial charge in [0.1, 0.15) is 5.78 Å². The van der Waals surface area contributed by atoms with Gasteiger partial charge in [-0.2, -0.15) is 4.31 Å². The molecule has 2 heterocycles. The summed E-state index contributed by atoms with van der Waals surface area (Å²) in [4.78, 5) is 38.4. The Morgan fingerprint density at radius 2 is 1.83 bits per heavy atom. The molecular weight excluding hydrogens is 470 g/mol. The highest BCUT2D eigenvalue weighted by Crippen LogP contribution is 2.43. The summed E-state index contributed by atoms with van der Waals surface area (Å²) in [6, 6.07) is 5.46. The summed E-state index contributed by atoms with van der Waals surface area (Å²) >= 11 is 0. The second-order valence-electron chi connectivity index (χ2n) is 10.9. The van der Waals surface area contributed by atoms with Crippen molar-refractivity contribution in [3.8, 4) is 0 Å². The highest BCUT2D eigenvalue weighted by molar-refractivity contribution is 7.89. The van der Waals surface area contributed by atoms with Crippen LogP contribution in [0.3, 0.4) is 0 Å². The molecule has 1 spiro atoms. The fourth-order valence-electron chi connectivity index (χ4n) is 6.20. The average Bonchev–Trinajstić information content (AvgIpc) is 3.31. The van der Waals surface area contributed by atoms with Crippen molar-refractivity contribution in [1.29, 1.82) is 0 Å². The zero-order valence-electron chi connectivity index (χ0n) is 20.7. The van der Waals surface area contributed by atoms with E-state index >= 15 is 0 Å². The van der Waals surface area contributed by atoms with Crippen LogP contribution in [-0.4, -0.2) is 67.0 Å². The third kappa shape index (κ3) is 5.14. The number of ketones is 1. The molecule has 1 aromatic carbocycles. The zero-order valence-corrected chi connectivity index (χ0v) is 21.6. The molecule has 3 atom stereocenters. The molecule has 1 saturated carbocycles. The predicted octanol–water partition coefficient (Wildman–Crippen LogP) is 2.81. The number of carbonyl (C=O) groups excluding carboxylic acids is 2. The first-order chi connectivity index (χ1) is 16.4. The Morgan fingerprint density at radius 1 is 1.17 bits per heavy atom. The highest BCUT2D eigenvalue weighted by Gasteiger charge is 2.47. The molecule has 2 aliphatic heterocycles. The van der Waals surface area contributed by atoms with Gasteiger partial charge in [-0.1, -0.05) is 19.1 Å². The van der Waals surface area contributed by atoms with Gasteiger partial charge < -0.3 is 4.90 Å². The van der Waals surface area contributed by atoms with Crippen molar-refractivity contribution in [2.24, 2.45) is 23.2 Å². The fraction of sp³-hybridized carbons (Fsp3) is 0.680. The molecule has 10 heteroatoms. The first-order valence-corrected chi connectivity index (χ1v) is 13.9. The molecule has 3 aliphatic rings. The summed E-state index contributed by atoms with van der Waals surface area (Å²) in [5.41, 5.74) is 1.53. The molecule has 0 aromatic heterocycles. The number of nitro groups is 1. The van der Waals surface area contributed by atoms with Crippen molar-refractivity contribution in [2.45, 2.75) is 57.8 Å². The number of likely N-dealkylation sites (tertiary alicyclic amines) is 1. The van der Waals surface area contributed by atoms with Gasteiger partial charge in [-0.15, -0.1) is 0 Å². The Bertz CT molecular complexity index is 1130. The van der Waals surface area contributed by atoms with Crippen LogP contribution in [-0.2, 0) is 19.6 Å². The molecule has 192 valence electrons. The van der Waals surface area contributed by atoms with Crippen molar-refractivity contribution in [3.63, 3.8) is 0 Å². The Labute approximate surface area is 207 Å². The number of hydrogen-bond acceptors (Lipinski definition) is 6. The van der Waals surface area contributed by atoms with Crippen molar-refractivity contribution < 1.29 is 22.9 Å². The lowest BCUT2D eigenvalue weighted by Crippen LogP contribution is -2.45. The highest BCUT2D eigenvalue weighted by atomic mass is 32.2. The van der Waals surface area contributed by atoms with E-state index in [1.807, 2.05) is 32.9 Å². The van der Waals surface area contributed by atoms with Gasteiger partial charge in [0.25, 0.3) is 0 Å². The third-order valence-electron chi connectivity index (χ3n) is 8.47. The lowest BCUT2D eigenvalue weighted by atomic mass is 9.78. The maximum atomic E-state index is 13.3. The SMILES string of the molecule is Cc1ccc(C)c(S(=O)(=O)N2CCC3(CCN(C(=O)CC4C(=O)CC(C)C4C[N+](=O)[O-])C3)CC2)c1. The van der Waals surface area contributed by atoms with Gasteiger partial charge in [-0.25, -0.2) is 8.42 Å². The van der Waals surface area contributed by atoms with Crippen LogP contribution in [0.25, 0.3) is 0 Å². The fourth-order valence-corrected chi connectivity index (χ4v) is 7.95. The Kier molecular flexibility index (Phi) is 7.07. The first kappa shape index (κ1) is 25.8. The molecular formula is C25H35N3O6S. The Balaban J connectivity index is 1.37.